The van der Waals surface area contributed by atoms with Crippen LogP contribution in [0.5, 0.6) is 0 Å². The molecule has 0 bridgehead atoms. The van der Waals surface area contributed by atoms with Crippen LogP contribution < -0.4 is 5.32 Å². The molecule has 120 valence electrons. The molecule has 0 fully saturated rings. The number of hydrogen-bond donors (Lipinski definition) is 1. The van der Waals surface area contributed by atoms with Gasteiger partial charge in [0, 0.05) is 17.8 Å². The van der Waals surface area contributed by atoms with Crippen molar-refractivity contribution >= 4 is 22.2 Å². The van der Waals surface area contributed by atoms with E-state index in [-0.39, 0.29) is 18.9 Å². The molecule has 0 saturated carbocycles. The first-order valence-electron chi connectivity index (χ1n) is 6.76. The third kappa shape index (κ3) is 3.70. The molecule has 3 rings (SSSR count). The van der Waals surface area contributed by atoms with Gasteiger partial charge >= 0.3 is 6.18 Å². The van der Waals surface area contributed by atoms with Gasteiger partial charge in [-0.05, 0) is 17.7 Å². The van der Waals surface area contributed by atoms with Gasteiger partial charge in [-0.25, -0.2) is 4.98 Å². The summed E-state index contributed by atoms with van der Waals surface area (Å²) in [5, 5.41) is 4.62. The molecule has 0 aliphatic heterocycles. The minimum absolute atomic E-state index is 0.0281. The van der Waals surface area contributed by atoms with Crippen molar-refractivity contribution in [3.05, 3.63) is 58.9 Å². The second-order valence-corrected chi connectivity index (χ2v) is 5.85. The van der Waals surface area contributed by atoms with E-state index in [1.807, 2.05) is 22.2 Å². The SMILES string of the molecule is O=C(Cc1ccc(C(F)(F)F)cc1)NCc1cn2ccsc2n1. The standard InChI is InChI=1S/C15H12F3N3OS/c16-15(17,18)11-3-1-10(2-4-11)7-13(22)19-8-12-9-21-5-6-23-14(21)20-12/h1-6,9H,7-8H2,(H,19,22). The number of amides is 1. The summed E-state index contributed by atoms with van der Waals surface area (Å²) in [6, 6.07) is 4.59. The summed E-state index contributed by atoms with van der Waals surface area (Å²) < 4.78 is 39.3. The van der Waals surface area contributed by atoms with Crippen molar-refractivity contribution in [3.63, 3.8) is 0 Å². The summed E-state index contributed by atoms with van der Waals surface area (Å²) in [5.74, 6) is -0.263. The zero-order valence-corrected chi connectivity index (χ0v) is 12.6. The van der Waals surface area contributed by atoms with Crippen molar-refractivity contribution in [1.29, 1.82) is 0 Å². The Morgan fingerprint density at radius 1 is 1.26 bits per heavy atom. The van der Waals surface area contributed by atoms with Gasteiger partial charge in [0.2, 0.25) is 5.91 Å². The normalized spacial score (nSPS) is 11.8. The molecule has 23 heavy (non-hydrogen) atoms. The van der Waals surface area contributed by atoms with E-state index in [4.69, 9.17) is 0 Å². The van der Waals surface area contributed by atoms with Crippen LogP contribution in [0.3, 0.4) is 0 Å². The van der Waals surface area contributed by atoms with Crippen LogP contribution in [0.25, 0.3) is 4.96 Å². The van der Waals surface area contributed by atoms with Crippen molar-refractivity contribution in [2.45, 2.75) is 19.1 Å². The number of carbonyl (C=O) groups is 1. The van der Waals surface area contributed by atoms with Crippen LogP contribution in [0.15, 0.2) is 42.0 Å². The summed E-state index contributed by atoms with van der Waals surface area (Å²) in [6.45, 7) is 0.286. The maximum Gasteiger partial charge on any atom is 0.416 e. The first-order chi connectivity index (χ1) is 10.9. The molecule has 0 saturated heterocycles. The fourth-order valence-electron chi connectivity index (χ4n) is 2.11. The molecule has 8 heteroatoms. The first kappa shape index (κ1) is 15.5. The number of thiazole rings is 1. The number of hydrogen-bond acceptors (Lipinski definition) is 3. The molecule has 3 aromatic rings. The number of carbonyl (C=O) groups excluding carboxylic acids is 1. The van der Waals surface area contributed by atoms with E-state index < -0.39 is 11.7 Å². The zero-order chi connectivity index (χ0) is 16.4. The van der Waals surface area contributed by atoms with Gasteiger partial charge in [-0.1, -0.05) is 12.1 Å². The Morgan fingerprint density at radius 3 is 2.65 bits per heavy atom. The van der Waals surface area contributed by atoms with Crippen molar-refractivity contribution in [1.82, 2.24) is 14.7 Å². The number of imidazole rings is 1. The molecule has 0 aliphatic rings. The van der Waals surface area contributed by atoms with E-state index in [2.05, 4.69) is 10.3 Å². The average molecular weight is 339 g/mol. The van der Waals surface area contributed by atoms with E-state index in [0.717, 1.165) is 22.8 Å². The fourth-order valence-corrected chi connectivity index (χ4v) is 2.83. The molecule has 2 aromatic heterocycles. The summed E-state index contributed by atoms with van der Waals surface area (Å²) in [6.07, 6.45) is -0.639. The highest BCUT2D eigenvalue weighted by Crippen LogP contribution is 2.29. The van der Waals surface area contributed by atoms with Crippen LogP contribution in [0.4, 0.5) is 13.2 Å². The van der Waals surface area contributed by atoms with E-state index >= 15 is 0 Å². The molecular weight excluding hydrogens is 327 g/mol. The lowest BCUT2D eigenvalue weighted by molar-refractivity contribution is -0.137. The second kappa shape index (κ2) is 6.04. The number of halogens is 3. The average Bonchev–Trinajstić information content (AvgIpc) is 3.05. The number of nitrogens with zero attached hydrogens (tertiary/aromatic N) is 2. The Kier molecular flexibility index (Phi) is 4.08. The number of aromatic nitrogens is 2. The lowest BCUT2D eigenvalue weighted by Crippen LogP contribution is -2.24. The Hall–Kier alpha value is -2.35. The van der Waals surface area contributed by atoms with Crippen molar-refractivity contribution in [2.24, 2.45) is 0 Å². The summed E-state index contributed by atoms with van der Waals surface area (Å²) in [4.78, 5) is 17.0. The van der Waals surface area contributed by atoms with Crippen molar-refractivity contribution < 1.29 is 18.0 Å². The Morgan fingerprint density at radius 2 is 2.00 bits per heavy atom. The summed E-state index contributed by atoms with van der Waals surface area (Å²) in [5.41, 5.74) is 0.540. The van der Waals surface area contributed by atoms with Gasteiger partial charge in [0.1, 0.15) is 0 Å². The molecule has 0 aliphatic carbocycles. The van der Waals surface area contributed by atoms with Gasteiger partial charge in [0.15, 0.2) is 4.96 Å². The topological polar surface area (TPSA) is 46.4 Å². The molecule has 1 aromatic carbocycles. The van der Waals surface area contributed by atoms with E-state index in [1.54, 1.807) is 0 Å². The third-order valence-corrected chi connectivity index (χ3v) is 4.03. The molecule has 0 radical (unpaired) electrons. The van der Waals surface area contributed by atoms with Crippen LogP contribution in [-0.2, 0) is 23.9 Å². The number of nitrogens with one attached hydrogen (secondary N) is 1. The third-order valence-electron chi connectivity index (χ3n) is 3.26. The monoisotopic (exact) mass is 339 g/mol. The van der Waals surface area contributed by atoms with Crippen LogP contribution in [0.2, 0.25) is 0 Å². The largest absolute Gasteiger partial charge is 0.416 e. The van der Waals surface area contributed by atoms with Crippen LogP contribution in [-0.4, -0.2) is 15.3 Å². The molecule has 0 spiro atoms. The highest BCUT2D eigenvalue weighted by molar-refractivity contribution is 7.15. The molecule has 1 amide bonds. The van der Waals surface area contributed by atoms with Gasteiger partial charge in [0.25, 0.3) is 0 Å². The maximum atomic E-state index is 12.5. The lowest BCUT2D eigenvalue weighted by atomic mass is 10.1. The number of benzene rings is 1. The van der Waals surface area contributed by atoms with E-state index in [0.29, 0.717) is 5.56 Å². The van der Waals surface area contributed by atoms with Gasteiger partial charge in [-0.15, -0.1) is 11.3 Å². The second-order valence-electron chi connectivity index (χ2n) is 4.97. The van der Waals surface area contributed by atoms with Gasteiger partial charge < -0.3 is 5.32 Å². The molecule has 2 heterocycles. The first-order valence-corrected chi connectivity index (χ1v) is 7.64. The zero-order valence-electron chi connectivity index (χ0n) is 11.8. The predicted molar refractivity (Wildman–Crippen MR) is 80.1 cm³/mol. The molecule has 1 N–H and O–H groups in total. The molecule has 4 nitrogen and oxygen atoms in total. The fraction of sp³-hybridized carbons (Fsp3) is 0.200. The van der Waals surface area contributed by atoms with Crippen molar-refractivity contribution in [2.75, 3.05) is 0 Å². The van der Waals surface area contributed by atoms with Crippen molar-refractivity contribution in [3.8, 4) is 0 Å². The Balaban J connectivity index is 1.55. The van der Waals surface area contributed by atoms with E-state index in [9.17, 15) is 18.0 Å². The lowest BCUT2D eigenvalue weighted by Gasteiger charge is -2.07. The molecule has 0 atom stereocenters. The van der Waals surface area contributed by atoms with Crippen LogP contribution in [0.1, 0.15) is 16.8 Å². The minimum Gasteiger partial charge on any atom is -0.350 e. The molecular formula is C15H12F3N3OS. The Bertz CT molecular complexity index is 792. The minimum atomic E-state index is -4.37. The maximum absolute atomic E-state index is 12.5. The smallest absolute Gasteiger partial charge is 0.350 e. The van der Waals surface area contributed by atoms with Crippen LogP contribution in [0, 0.1) is 0 Å². The van der Waals surface area contributed by atoms with E-state index in [1.165, 1.54) is 23.5 Å². The van der Waals surface area contributed by atoms with Crippen LogP contribution >= 0.6 is 11.3 Å². The summed E-state index contributed by atoms with van der Waals surface area (Å²) in [7, 11) is 0. The van der Waals surface area contributed by atoms with Gasteiger partial charge in [-0.2, -0.15) is 13.2 Å². The van der Waals surface area contributed by atoms with Gasteiger partial charge in [0.05, 0.1) is 24.2 Å². The Labute approximate surface area is 133 Å². The summed E-state index contributed by atoms with van der Waals surface area (Å²) >= 11 is 1.50. The quantitative estimate of drug-likeness (QED) is 0.793. The number of fused-ring (bicyclic) bond motifs is 1. The van der Waals surface area contributed by atoms with Gasteiger partial charge in [-0.3, -0.25) is 9.20 Å². The number of rotatable bonds is 4. The molecule has 0 unspecified atom stereocenters. The highest BCUT2D eigenvalue weighted by Gasteiger charge is 2.29. The predicted octanol–water partition coefficient (Wildman–Crippen LogP) is 3.27. The number of alkyl halides is 3. The highest BCUT2D eigenvalue weighted by atomic mass is 32.1.